The summed E-state index contributed by atoms with van der Waals surface area (Å²) in [6, 6.07) is 9.66. The van der Waals surface area contributed by atoms with Crippen molar-refractivity contribution in [3.05, 3.63) is 36.4 Å². The molecule has 0 aliphatic carbocycles. The standard InChI is InChI=1S/C27H36N4O5S/c1-36-23-10-8-20-9-11-24(17-21(20)16-23)37(34,35)28-25-7-5-14-30(27(25)33)19-26(32)31-15-4-6-22(31)18-29-12-2-3-13-29/h8-11,16-17,22,25,28H,2-7,12-15,18-19H2,1H3. The van der Waals surface area contributed by atoms with Crippen LogP contribution in [0, 0.1) is 0 Å². The van der Waals surface area contributed by atoms with E-state index in [0.29, 0.717) is 25.1 Å². The van der Waals surface area contributed by atoms with Crippen LogP contribution in [0.15, 0.2) is 41.3 Å². The van der Waals surface area contributed by atoms with Crippen molar-refractivity contribution in [3.8, 4) is 5.75 Å². The van der Waals surface area contributed by atoms with Gasteiger partial charge in [-0.2, -0.15) is 4.72 Å². The summed E-state index contributed by atoms with van der Waals surface area (Å²) in [6.07, 6.45) is 5.46. The fraction of sp³-hybridized carbons (Fsp3) is 0.556. The van der Waals surface area contributed by atoms with Gasteiger partial charge in [-0.3, -0.25) is 9.59 Å². The minimum Gasteiger partial charge on any atom is -0.497 e. The van der Waals surface area contributed by atoms with Crippen molar-refractivity contribution in [1.29, 1.82) is 0 Å². The molecule has 5 rings (SSSR count). The fourth-order valence-electron chi connectivity index (χ4n) is 5.83. The van der Waals surface area contributed by atoms with Crippen molar-refractivity contribution in [2.45, 2.75) is 55.5 Å². The van der Waals surface area contributed by atoms with E-state index in [9.17, 15) is 18.0 Å². The lowest BCUT2D eigenvalue weighted by atomic mass is 10.1. The minimum atomic E-state index is -3.93. The van der Waals surface area contributed by atoms with Gasteiger partial charge in [-0.05, 0) is 86.7 Å². The number of amides is 2. The number of hydrogen-bond donors (Lipinski definition) is 1. The summed E-state index contributed by atoms with van der Waals surface area (Å²) in [5.74, 6) is 0.265. The molecule has 3 aliphatic rings. The van der Waals surface area contributed by atoms with Crippen molar-refractivity contribution >= 4 is 32.6 Å². The van der Waals surface area contributed by atoms with Gasteiger partial charge in [0.25, 0.3) is 0 Å². The quantitative estimate of drug-likeness (QED) is 0.564. The predicted octanol–water partition coefficient (Wildman–Crippen LogP) is 2.20. The van der Waals surface area contributed by atoms with Crippen molar-refractivity contribution in [3.63, 3.8) is 0 Å². The summed E-state index contributed by atoms with van der Waals surface area (Å²) < 4.78 is 34.3. The Morgan fingerprint density at radius 2 is 1.73 bits per heavy atom. The average molecular weight is 529 g/mol. The Morgan fingerprint density at radius 1 is 0.973 bits per heavy atom. The van der Waals surface area contributed by atoms with Gasteiger partial charge >= 0.3 is 0 Å². The van der Waals surface area contributed by atoms with E-state index < -0.39 is 16.1 Å². The molecule has 2 aromatic carbocycles. The van der Waals surface area contributed by atoms with Gasteiger partial charge in [-0.25, -0.2) is 8.42 Å². The summed E-state index contributed by atoms with van der Waals surface area (Å²) in [4.78, 5) is 32.4. The summed E-state index contributed by atoms with van der Waals surface area (Å²) in [7, 11) is -2.37. The summed E-state index contributed by atoms with van der Waals surface area (Å²) in [6.45, 7) is 4.28. The molecule has 3 aliphatic heterocycles. The third-order valence-electron chi connectivity index (χ3n) is 7.85. The highest BCUT2D eigenvalue weighted by molar-refractivity contribution is 7.89. The maximum atomic E-state index is 13.2. The summed E-state index contributed by atoms with van der Waals surface area (Å²) >= 11 is 0. The molecule has 2 unspecified atom stereocenters. The Balaban J connectivity index is 1.24. The Labute approximate surface area is 218 Å². The maximum absolute atomic E-state index is 13.2. The molecule has 0 bridgehead atoms. The van der Waals surface area contributed by atoms with Gasteiger partial charge in [-0.1, -0.05) is 12.1 Å². The number of benzene rings is 2. The van der Waals surface area contributed by atoms with Crippen LogP contribution in [0.5, 0.6) is 5.75 Å². The number of sulfonamides is 1. The first kappa shape index (κ1) is 25.9. The second kappa shape index (κ2) is 11.0. The molecular formula is C27H36N4O5S. The molecule has 2 atom stereocenters. The van der Waals surface area contributed by atoms with E-state index in [0.717, 1.165) is 49.8 Å². The lowest BCUT2D eigenvalue weighted by molar-refractivity contribution is -0.143. The van der Waals surface area contributed by atoms with Gasteiger partial charge in [0.1, 0.15) is 11.8 Å². The topological polar surface area (TPSA) is 99.3 Å². The van der Waals surface area contributed by atoms with Crippen LogP contribution in [-0.4, -0.2) is 93.4 Å². The molecule has 0 aromatic heterocycles. The van der Waals surface area contributed by atoms with E-state index in [1.807, 2.05) is 17.0 Å². The number of fused-ring (bicyclic) bond motifs is 1. The van der Waals surface area contributed by atoms with E-state index in [4.69, 9.17) is 4.74 Å². The number of nitrogens with zero attached hydrogens (tertiary/aromatic N) is 3. The van der Waals surface area contributed by atoms with E-state index in [1.54, 1.807) is 31.4 Å². The van der Waals surface area contributed by atoms with Crippen LogP contribution >= 0.6 is 0 Å². The third kappa shape index (κ3) is 5.76. The lowest BCUT2D eigenvalue weighted by Crippen LogP contribution is -2.55. The van der Waals surface area contributed by atoms with Crippen LogP contribution in [-0.2, 0) is 19.6 Å². The molecule has 3 saturated heterocycles. The largest absolute Gasteiger partial charge is 0.497 e. The van der Waals surface area contributed by atoms with Gasteiger partial charge in [0, 0.05) is 25.7 Å². The molecule has 0 saturated carbocycles. The van der Waals surface area contributed by atoms with E-state index in [2.05, 4.69) is 9.62 Å². The second-order valence-corrected chi connectivity index (χ2v) is 12.1. The number of carbonyl (C=O) groups excluding carboxylic acids is 2. The molecule has 10 heteroatoms. The first-order valence-corrected chi connectivity index (χ1v) is 14.7. The number of carbonyl (C=O) groups is 2. The van der Waals surface area contributed by atoms with Crippen molar-refractivity contribution in [2.24, 2.45) is 0 Å². The Kier molecular flexibility index (Phi) is 7.69. The number of methoxy groups -OCH3 is 1. The molecule has 2 aromatic rings. The number of piperidine rings is 1. The van der Waals surface area contributed by atoms with Gasteiger partial charge < -0.3 is 19.4 Å². The molecule has 0 spiro atoms. The van der Waals surface area contributed by atoms with E-state index in [1.165, 1.54) is 17.7 Å². The van der Waals surface area contributed by atoms with E-state index >= 15 is 0 Å². The Bertz CT molecular complexity index is 1260. The van der Waals surface area contributed by atoms with Crippen molar-refractivity contribution in [1.82, 2.24) is 19.4 Å². The lowest BCUT2D eigenvalue weighted by Gasteiger charge is -2.34. The molecule has 3 fully saturated rings. The maximum Gasteiger partial charge on any atom is 0.242 e. The highest BCUT2D eigenvalue weighted by Crippen LogP contribution is 2.25. The van der Waals surface area contributed by atoms with Gasteiger partial charge in [0.15, 0.2) is 0 Å². The fourth-order valence-corrected chi connectivity index (χ4v) is 7.09. The van der Waals surface area contributed by atoms with Crippen LogP contribution in [0.2, 0.25) is 0 Å². The van der Waals surface area contributed by atoms with Crippen LogP contribution in [0.4, 0.5) is 0 Å². The number of rotatable bonds is 8. The molecule has 1 N–H and O–H groups in total. The third-order valence-corrected chi connectivity index (χ3v) is 9.32. The van der Waals surface area contributed by atoms with Gasteiger partial charge in [0.2, 0.25) is 21.8 Å². The van der Waals surface area contributed by atoms with Gasteiger partial charge in [0.05, 0.1) is 18.6 Å². The monoisotopic (exact) mass is 528 g/mol. The van der Waals surface area contributed by atoms with Crippen LogP contribution in [0.1, 0.15) is 38.5 Å². The average Bonchev–Trinajstić information content (AvgIpc) is 3.58. The summed E-state index contributed by atoms with van der Waals surface area (Å²) in [5.41, 5.74) is 0. The Morgan fingerprint density at radius 3 is 2.51 bits per heavy atom. The first-order valence-electron chi connectivity index (χ1n) is 13.2. The van der Waals surface area contributed by atoms with Crippen molar-refractivity contribution < 1.29 is 22.7 Å². The molecule has 37 heavy (non-hydrogen) atoms. The summed E-state index contributed by atoms with van der Waals surface area (Å²) in [5, 5.41) is 1.63. The minimum absolute atomic E-state index is 0.00330. The number of ether oxygens (including phenoxy) is 1. The first-order chi connectivity index (χ1) is 17.8. The Hall–Kier alpha value is -2.69. The second-order valence-electron chi connectivity index (χ2n) is 10.3. The number of hydrogen-bond acceptors (Lipinski definition) is 6. The zero-order chi connectivity index (χ0) is 26.0. The van der Waals surface area contributed by atoms with Crippen LogP contribution < -0.4 is 9.46 Å². The molecule has 200 valence electrons. The SMILES string of the molecule is COc1ccc2ccc(S(=O)(=O)NC3CCCN(CC(=O)N4CCCC4CN4CCCC4)C3=O)cc2c1. The van der Waals surface area contributed by atoms with Crippen LogP contribution in [0.25, 0.3) is 10.8 Å². The smallest absolute Gasteiger partial charge is 0.242 e. The molecule has 9 nitrogen and oxygen atoms in total. The normalized spacial score (nSPS) is 23.2. The number of likely N-dealkylation sites (tertiary alicyclic amines) is 3. The highest BCUT2D eigenvalue weighted by Gasteiger charge is 2.36. The highest BCUT2D eigenvalue weighted by atomic mass is 32.2. The predicted molar refractivity (Wildman–Crippen MR) is 141 cm³/mol. The zero-order valence-electron chi connectivity index (χ0n) is 21.4. The molecule has 0 radical (unpaired) electrons. The number of nitrogens with one attached hydrogen (secondary N) is 1. The molecular weight excluding hydrogens is 492 g/mol. The molecule has 2 amide bonds. The zero-order valence-corrected chi connectivity index (χ0v) is 22.2. The van der Waals surface area contributed by atoms with Crippen molar-refractivity contribution in [2.75, 3.05) is 46.4 Å². The van der Waals surface area contributed by atoms with Crippen LogP contribution in [0.3, 0.4) is 0 Å². The van der Waals surface area contributed by atoms with Gasteiger partial charge in [-0.15, -0.1) is 0 Å². The van der Waals surface area contributed by atoms with E-state index in [-0.39, 0.29) is 29.3 Å². The molecule has 3 heterocycles.